The first-order valence-electron chi connectivity index (χ1n) is 9.46. The first-order valence-corrected chi connectivity index (χ1v) is 11.9. The van der Waals surface area contributed by atoms with Gasteiger partial charge in [0.1, 0.15) is 9.04 Å². The average Bonchev–Trinajstić information content (AvgIpc) is 2.93. The van der Waals surface area contributed by atoms with Crippen LogP contribution in [0.3, 0.4) is 0 Å². The van der Waals surface area contributed by atoms with E-state index < -0.39 is 9.84 Å². The molecule has 1 aliphatic rings. The number of nitrogens with two attached hydrogens (primary N) is 1. The molecule has 2 aromatic rings. The Bertz CT molecular complexity index is 841. The summed E-state index contributed by atoms with van der Waals surface area (Å²) < 4.78 is 25.8. The number of aromatic nitrogens is 1. The van der Waals surface area contributed by atoms with Gasteiger partial charge in [0.05, 0.1) is 11.4 Å². The largest absolute Gasteiger partial charge is 0.396 e. The summed E-state index contributed by atoms with van der Waals surface area (Å²) in [5, 5.41) is 0.826. The summed E-state index contributed by atoms with van der Waals surface area (Å²) in [6, 6.07) is 2.08. The molecular weight excluding hydrogens is 352 g/mol. The Morgan fingerprint density at radius 1 is 1.12 bits per heavy atom. The van der Waals surface area contributed by atoms with Gasteiger partial charge in [-0.2, -0.15) is 0 Å². The van der Waals surface area contributed by atoms with Gasteiger partial charge in [-0.25, -0.2) is 13.4 Å². The van der Waals surface area contributed by atoms with Crippen LogP contribution in [0.5, 0.6) is 0 Å². The Kier molecular flexibility index (Phi) is 6.00. The van der Waals surface area contributed by atoms with Crippen LogP contribution < -0.4 is 5.73 Å². The van der Waals surface area contributed by atoms with Crippen molar-refractivity contribution >= 4 is 37.1 Å². The van der Waals surface area contributed by atoms with Crippen molar-refractivity contribution in [3.63, 3.8) is 0 Å². The van der Waals surface area contributed by atoms with Crippen LogP contribution in [0.25, 0.3) is 10.2 Å². The minimum Gasteiger partial charge on any atom is -0.396 e. The van der Waals surface area contributed by atoms with Crippen molar-refractivity contribution in [2.75, 3.05) is 11.5 Å². The maximum absolute atomic E-state index is 12.7. The molecule has 25 heavy (non-hydrogen) atoms. The van der Waals surface area contributed by atoms with Gasteiger partial charge in [-0.3, -0.25) is 0 Å². The van der Waals surface area contributed by atoms with E-state index in [9.17, 15) is 8.42 Å². The highest BCUT2D eigenvalue weighted by atomic mass is 32.2. The molecule has 0 saturated heterocycles. The maximum Gasteiger partial charge on any atom is 0.189 e. The molecule has 2 aromatic heterocycles. The lowest BCUT2D eigenvalue weighted by molar-refractivity contribution is 0.585. The number of unbranched alkanes of at least 4 members (excludes halogenated alkanes) is 5. The van der Waals surface area contributed by atoms with Gasteiger partial charge in [-0.15, -0.1) is 11.3 Å². The number of nitrogen functional groups attached to an aromatic ring is 1. The predicted molar refractivity (Wildman–Crippen MR) is 106 cm³/mol. The van der Waals surface area contributed by atoms with Crippen LogP contribution in [0.1, 0.15) is 69.5 Å². The molecule has 2 N–H and O–H groups in total. The fourth-order valence-corrected chi connectivity index (χ4v) is 6.57. The zero-order valence-corrected chi connectivity index (χ0v) is 16.6. The van der Waals surface area contributed by atoms with Crippen molar-refractivity contribution in [1.82, 2.24) is 4.98 Å². The molecule has 3 rings (SSSR count). The number of thiophene rings is 1. The van der Waals surface area contributed by atoms with E-state index >= 15 is 0 Å². The zero-order valence-electron chi connectivity index (χ0n) is 15.0. The lowest BCUT2D eigenvalue weighted by Crippen LogP contribution is -2.07. The molecule has 4 nitrogen and oxygen atoms in total. The van der Waals surface area contributed by atoms with E-state index in [1.165, 1.54) is 42.6 Å². The number of rotatable bonds is 8. The van der Waals surface area contributed by atoms with E-state index in [4.69, 9.17) is 10.7 Å². The number of aryl methyl sites for hydroxylation is 2. The number of fused-ring (bicyclic) bond motifs is 2. The SMILES string of the molecule is CCCCCCCCS(=O)(=O)c1sc2nc3c(cc2c1N)CCCC3. The molecule has 0 spiro atoms. The molecule has 0 aliphatic heterocycles. The number of anilines is 1. The van der Waals surface area contributed by atoms with Crippen molar-refractivity contribution < 1.29 is 8.42 Å². The Labute approximate surface area is 154 Å². The van der Waals surface area contributed by atoms with Crippen LogP contribution in [0.15, 0.2) is 10.3 Å². The lowest BCUT2D eigenvalue weighted by atomic mass is 9.95. The highest BCUT2D eigenvalue weighted by Gasteiger charge is 2.24. The minimum absolute atomic E-state index is 0.190. The van der Waals surface area contributed by atoms with E-state index in [0.717, 1.165) is 48.0 Å². The topological polar surface area (TPSA) is 73.0 Å². The molecule has 0 saturated carbocycles. The first-order chi connectivity index (χ1) is 12.0. The normalized spacial score (nSPS) is 14.8. The van der Waals surface area contributed by atoms with Gasteiger partial charge in [0.15, 0.2) is 9.84 Å². The molecule has 0 unspecified atom stereocenters. The third-order valence-corrected chi connectivity index (χ3v) is 8.55. The van der Waals surface area contributed by atoms with Gasteiger partial charge in [0, 0.05) is 11.1 Å². The molecule has 0 fully saturated rings. The van der Waals surface area contributed by atoms with Crippen LogP contribution in [-0.4, -0.2) is 19.2 Å². The summed E-state index contributed by atoms with van der Waals surface area (Å²) >= 11 is 1.25. The van der Waals surface area contributed by atoms with E-state index in [0.29, 0.717) is 16.3 Å². The second kappa shape index (κ2) is 8.04. The Balaban J connectivity index is 1.76. The second-order valence-corrected chi connectivity index (χ2v) is 10.3. The lowest BCUT2D eigenvalue weighted by Gasteiger charge is -2.14. The first kappa shape index (κ1) is 18.6. The van der Waals surface area contributed by atoms with Crippen molar-refractivity contribution in [3.8, 4) is 0 Å². The molecule has 2 heterocycles. The standard InChI is InChI=1S/C19H28N2O2S2/c1-2-3-4-5-6-9-12-25(22,23)19-17(20)15-13-14-10-7-8-11-16(14)21-18(15)24-19/h13H,2-12,20H2,1H3. The van der Waals surface area contributed by atoms with Crippen molar-refractivity contribution in [2.24, 2.45) is 0 Å². The van der Waals surface area contributed by atoms with E-state index in [-0.39, 0.29) is 5.75 Å². The number of hydrogen-bond acceptors (Lipinski definition) is 5. The summed E-state index contributed by atoms with van der Waals surface area (Å²) in [6.45, 7) is 2.18. The van der Waals surface area contributed by atoms with Crippen LogP contribution in [-0.2, 0) is 22.7 Å². The summed E-state index contributed by atoms with van der Waals surface area (Å²) in [5.41, 5.74) is 8.99. The molecule has 1 aliphatic carbocycles. The molecule has 0 radical (unpaired) electrons. The predicted octanol–water partition coefficient (Wildman–Crippen LogP) is 4.89. The molecule has 0 atom stereocenters. The van der Waals surface area contributed by atoms with Gasteiger partial charge in [0.2, 0.25) is 0 Å². The third-order valence-electron chi connectivity index (χ3n) is 5.01. The quantitative estimate of drug-likeness (QED) is 0.662. The van der Waals surface area contributed by atoms with Crippen LogP contribution >= 0.6 is 11.3 Å². The number of pyridine rings is 1. The van der Waals surface area contributed by atoms with Gasteiger partial charge in [-0.1, -0.05) is 39.0 Å². The Morgan fingerprint density at radius 2 is 1.84 bits per heavy atom. The maximum atomic E-state index is 12.7. The molecular formula is C19H28N2O2S2. The number of nitrogens with zero attached hydrogens (tertiary/aromatic N) is 1. The summed E-state index contributed by atoms with van der Waals surface area (Å²) in [6.07, 6.45) is 10.8. The summed E-state index contributed by atoms with van der Waals surface area (Å²) in [5.74, 6) is 0.190. The van der Waals surface area contributed by atoms with Gasteiger partial charge >= 0.3 is 0 Å². The van der Waals surface area contributed by atoms with E-state index in [1.54, 1.807) is 0 Å². The van der Waals surface area contributed by atoms with E-state index in [1.807, 2.05) is 0 Å². The van der Waals surface area contributed by atoms with E-state index in [2.05, 4.69) is 13.0 Å². The van der Waals surface area contributed by atoms with Gasteiger partial charge < -0.3 is 5.73 Å². The average molecular weight is 381 g/mol. The second-order valence-electron chi connectivity index (χ2n) is 7.04. The molecule has 0 aromatic carbocycles. The fourth-order valence-electron chi connectivity index (χ4n) is 3.53. The van der Waals surface area contributed by atoms with Crippen molar-refractivity contribution in [1.29, 1.82) is 0 Å². The Morgan fingerprint density at radius 3 is 2.64 bits per heavy atom. The third kappa shape index (κ3) is 4.17. The monoisotopic (exact) mass is 380 g/mol. The van der Waals surface area contributed by atoms with Gasteiger partial charge in [-0.05, 0) is 43.7 Å². The number of hydrogen-bond donors (Lipinski definition) is 1. The molecule has 0 bridgehead atoms. The molecule has 138 valence electrons. The highest BCUT2D eigenvalue weighted by molar-refractivity contribution is 7.93. The Hall–Kier alpha value is -1.14. The van der Waals surface area contributed by atoms with Crippen molar-refractivity contribution in [2.45, 2.75) is 75.3 Å². The summed E-state index contributed by atoms with van der Waals surface area (Å²) in [4.78, 5) is 5.49. The molecule has 6 heteroatoms. The van der Waals surface area contributed by atoms with Crippen LogP contribution in [0.4, 0.5) is 5.69 Å². The van der Waals surface area contributed by atoms with Gasteiger partial charge in [0.25, 0.3) is 0 Å². The van der Waals surface area contributed by atoms with Crippen LogP contribution in [0, 0.1) is 0 Å². The highest BCUT2D eigenvalue weighted by Crippen LogP contribution is 2.38. The smallest absolute Gasteiger partial charge is 0.189 e. The minimum atomic E-state index is -3.32. The fraction of sp³-hybridized carbons (Fsp3) is 0.632. The van der Waals surface area contributed by atoms with Crippen LogP contribution in [0.2, 0.25) is 0 Å². The molecule has 0 amide bonds. The zero-order chi connectivity index (χ0) is 17.9. The number of sulfone groups is 1. The van der Waals surface area contributed by atoms with Crippen molar-refractivity contribution in [3.05, 3.63) is 17.3 Å². The summed E-state index contributed by atoms with van der Waals surface area (Å²) in [7, 11) is -3.32.